The van der Waals surface area contributed by atoms with Crippen LogP contribution in [0.3, 0.4) is 0 Å². The third kappa shape index (κ3) is 2.74. The van der Waals surface area contributed by atoms with E-state index in [1.807, 2.05) is 30.3 Å². The molecule has 0 amide bonds. The maximum atomic E-state index is 11.3. The zero-order valence-electron chi connectivity index (χ0n) is 8.04. The molecule has 1 N–H and O–H groups in total. The minimum Gasteiger partial charge on any atom is -0.391 e. The Hall–Kier alpha value is -0.520. The van der Waals surface area contributed by atoms with Gasteiger partial charge >= 0.3 is 0 Å². The summed E-state index contributed by atoms with van der Waals surface area (Å²) in [6.07, 6.45) is -0.736. The van der Waals surface area contributed by atoms with Gasteiger partial charge in [-0.05, 0) is 12.1 Å². The number of hydrogen-bond donors (Lipinski definition) is 1. The largest absolute Gasteiger partial charge is 0.391 e. The molecule has 1 heterocycles. The molecule has 1 saturated heterocycles. The van der Waals surface area contributed by atoms with Crippen LogP contribution in [0.4, 0.5) is 0 Å². The van der Waals surface area contributed by atoms with E-state index in [4.69, 9.17) is 0 Å². The monoisotopic (exact) mass is 244 g/mol. The molecule has 82 valence electrons. The minimum atomic E-state index is -3.04. The van der Waals surface area contributed by atoms with Crippen molar-refractivity contribution in [1.29, 1.82) is 0 Å². The summed E-state index contributed by atoms with van der Waals surface area (Å²) in [5.41, 5.74) is 0. The summed E-state index contributed by atoms with van der Waals surface area (Å²) in [7, 11) is -3.04. The Bertz CT molecular complexity index is 427. The average molecular weight is 244 g/mol. The van der Waals surface area contributed by atoms with E-state index in [1.165, 1.54) is 11.8 Å². The standard InChI is InChI=1S/C10H12O3S2/c11-9-6-15(12,13)7-10(9)14-8-4-2-1-3-5-8/h1-5,9-11H,6-7H2/t9-,10+/m1/s1. The Balaban J connectivity index is 2.08. The van der Waals surface area contributed by atoms with Crippen LogP contribution in [-0.4, -0.2) is 36.4 Å². The highest BCUT2D eigenvalue weighted by atomic mass is 32.2. The smallest absolute Gasteiger partial charge is 0.154 e. The van der Waals surface area contributed by atoms with Crippen molar-refractivity contribution in [1.82, 2.24) is 0 Å². The van der Waals surface area contributed by atoms with Gasteiger partial charge in [0.25, 0.3) is 0 Å². The Labute approximate surface area is 93.4 Å². The van der Waals surface area contributed by atoms with E-state index in [9.17, 15) is 13.5 Å². The maximum Gasteiger partial charge on any atom is 0.154 e. The Morgan fingerprint density at radius 1 is 1.20 bits per heavy atom. The maximum absolute atomic E-state index is 11.3. The van der Waals surface area contributed by atoms with E-state index in [0.29, 0.717) is 0 Å². The lowest BCUT2D eigenvalue weighted by molar-refractivity contribution is 0.207. The zero-order valence-corrected chi connectivity index (χ0v) is 9.67. The Morgan fingerprint density at radius 3 is 2.40 bits per heavy atom. The molecule has 0 aromatic heterocycles. The molecule has 1 aliphatic heterocycles. The van der Waals surface area contributed by atoms with Gasteiger partial charge in [-0.25, -0.2) is 8.42 Å². The van der Waals surface area contributed by atoms with Crippen LogP contribution in [0.25, 0.3) is 0 Å². The molecule has 5 heteroatoms. The summed E-state index contributed by atoms with van der Waals surface area (Å²) in [5.74, 6) is -0.0226. The highest BCUT2D eigenvalue weighted by molar-refractivity contribution is 8.02. The second kappa shape index (κ2) is 4.15. The van der Waals surface area contributed by atoms with Gasteiger partial charge in [-0.3, -0.25) is 0 Å². The van der Waals surface area contributed by atoms with Gasteiger partial charge in [0.1, 0.15) is 0 Å². The Kier molecular flexibility index (Phi) is 3.04. The van der Waals surface area contributed by atoms with Crippen molar-refractivity contribution in [2.75, 3.05) is 11.5 Å². The molecule has 2 atom stereocenters. The van der Waals surface area contributed by atoms with Crippen LogP contribution in [0.15, 0.2) is 35.2 Å². The minimum absolute atomic E-state index is 0.0771. The number of rotatable bonds is 2. The molecule has 1 aromatic rings. The van der Waals surface area contributed by atoms with Crippen LogP contribution in [0.1, 0.15) is 0 Å². The molecule has 0 aliphatic carbocycles. The topological polar surface area (TPSA) is 54.4 Å². The van der Waals surface area contributed by atoms with Gasteiger partial charge in [-0.15, -0.1) is 11.8 Å². The summed E-state index contributed by atoms with van der Waals surface area (Å²) in [5, 5.41) is 9.36. The Morgan fingerprint density at radius 2 is 1.87 bits per heavy atom. The van der Waals surface area contributed by atoms with Gasteiger partial charge in [0.15, 0.2) is 9.84 Å². The first-order valence-corrected chi connectivity index (χ1v) is 7.37. The average Bonchev–Trinajstić information content (AvgIpc) is 2.41. The first kappa shape index (κ1) is 11.0. The molecule has 1 aromatic carbocycles. The normalized spacial score (nSPS) is 29.1. The van der Waals surface area contributed by atoms with Crippen LogP contribution < -0.4 is 0 Å². The molecule has 15 heavy (non-hydrogen) atoms. The first-order valence-electron chi connectivity index (χ1n) is 4.67. The van der Waals surface area contributed by atoms with Crippen molar-refractivity contribution in [3.8, 4) is 0 Å². The van der Waals surface area contributed by atoms with E-state index in [2.05, 4.69) is 0 Å². The van der Waals surface area contributed by atoms with Crippen molar-refractivity contribution in [2.45, 2.75) is 16.2 Å². The van der Waals surface area contributed by atoms with Gasteiger partial charge in [-0.2, -0.15) is 0 Å². The van der Waals surface area contributed by atoms with Gasteiger partial charge in [-0.1, -0.05) is 18.2 Å². The molecule has 0 radical (unpaired) electrons. The van der Waals surface area contributed by atoms with Crippen LogP contribution in [0.5, 0.6) is 0 Å². The van der Waals surface area contributed by atoms with Gasteiger partial charge in [0.05, 0.1) is 22.9 Å². The van der Waals surface area contributed by atoms with Crippen LogP contribution in [0.2, 0.25) is 0 Å². The fourth-order valence-electron chi connectivity index (χ4n) is 1.58. The summed E-state index contributed by atoms with van der Waals surface area (Å²) in [6.45, 7) is 0. The number of aliphatic hydroxyl groups is 1. The fraction of sp³-hybridized carbons (Fsp3) is 0.400. The highest BCUT2D eigenvalue weighted by Gasteiger charge is 2.36. The number of sulfone groups is 1. The fourth-order valence-corrected chi connectivity index (χ4v) is 5.13. The number of hydrogen-bond acceptors (Lipinski definition) is 4. The second-order valence-electron chi connectivity index (χ2n) is 3.61. The van der Waals surface area contributed by atoms with Crippen molar-refractivity contribution >= 4 is 21.6 Å². The van der Waals surface area contributed by atoms with Crippen molar-refractivity contribution in [2.24, 2.45) is 0 Å². The van der Waals surface area contributed by atoms with Crippen LogP contribution in [-0.2, 0) is 9.84 Å². The van der Waals surface area contributed by atoms with E-state index >= 15 is 0 Å². The van der Waals surface area contributed by atoms with E-state index in [0.717, 1.165) is 4.90 Å². The molecule has 0 unspecified atom stereocenters. The summed E-state index contributed by atoms with van der Waals surface area (Å²) < 4.78 is 22.5. The predicted octanol–water partition coefficient (Wildman–Crippen LogP) is 0.937. The lowest BCUT2D eigenvalue weighted by Crippen LogP contribution is -2.19. The van der Waals surface area contributed by atoms with Gasteiger partial charge < -0.3 is 5.11 Å². The van der Waals surface area contributed by atoms with Gasteiger partial charge in [0.2, 0.25) is 0 Å². The zero-order chi connectivity index (χ0) is 10.9. The third-order valence-corrected chi connectivity index (χ3v) is 5.56. The molecule has 0 spiro atoms. The summed E-state index contributed by atoms with van der Waals surface area (Å²) >= 11 is 1.43. The molecular weight excluding hydrogens is 232 g/mol. The molecule has 1 fully saturated rings. The van der Waals surface area contributed by atoms with E-state index in [-0.39, 0.29) is 16.8 Å². The molecule has 0 bridgehead atoms. The number of thioether (sulfide) groups is 1. The van der Waals surface area contributed by atoms with Crippen molar-refractivity contribution in [3.05, 3.63) is 30.3 Å². The predicted molar refractivity (Wildman–Crippen MR) is 60.7 cm³/mol. The first-order chi connectivity index (χ1) is 7.07. The summed E-state index contributed by atoms with van der Waals surface area (Å²) in [6, 6.07) is 9.55. The molecule has 3 nitrogen and oxygen atoms in total. The molecular formula is C10H12O3S2. The van der Waals surface area contributed by atoms with Crippen molar-refractivity contribution < 1.29 is 13.5 Å². The number of aliphatic hydroxyl groups excluding tert-OH is 1. The van der Waals surface area contributed by atoms with Gasteiger partial charge in [0, 0.05) is 4.90 Å². The summed E-state index contributed by atoms with van der Waals surface area (Å²) in [4.78, 5) is 0.999. The molecule has 1 aliphatic rings. The molecule has 2 rings (SSSR count). The SMILES string of the molecule is O=S1(=O)C[C@@H](O)[C@@H](Sc2ccccc2)C1. The lowest BCUT2D eigenvalue weighted by atomic mass is 10.3. The lowest BCUT2D eigenvalue weighted by Gasteiger charge is -2.11. The quantitative estimate of drug-likeness (QED) is 0.841. The number of benzene rings is 1. The second-order valence-corrected chi connectivity index (χ2v) is 7.08. The third-order valence-electron chi connectivity index (χ3n) is 2.30. The van der Waals surface area contributed by atoms with E-state index < -0.39 is 15.9 Å². The van der Waals surface area contributed by atoms with Crippen LogP contribution >= 0.6 is 11.8 Å². The van der Waals surface area contributed by atoms with Crippen LogP contribution in [0, 0.1) is 0 Å². The molecule has 0 saturated carbocycles. The van der Waals surface area contributed by atoms with E-state index in [1.54, 1.807) is 0 Å². The highest BCUT2D eigenvalue weighted by Crippen LogP contribution is 2.30. The van der Waals surface area contributed by atoms with Crippen molar-refractivity contribution in [3.63, 3.8) is 0 Å².